The minimum absolute atomic E-state index is 0.0854. The van der Waals surface area contributed by atoms with E-state index in [2.05, 4.69) is 49.3 Å². The molecule has 8 nitrogen and oxygen atoms in total. The number of aryl methyl sites for hydroxylation is 1. The predicted molar refractivity (Wildman–Crippen MR) is 127 cm³/mol. The van der Waals surface area contributed by atoms with Crippen LogP contribution in [0.3, 0.4) is 0 Å². The van der Waals surface area contributed by atoms with E-state index in [4.69, 9.17) is 11.6 Å². The maximum absolute atomic E-state index is 16.0. The predicted octanol–water partition coefficient (Wildman–Crippen LogP) is 3.55. The molecule has 0 aromatic carbocycles. The smallest absolute Gasteiger partial charge is 0.253 e. The first-order chi connectivity index (χ1) is 16.4. The van der Waals surface area contributed by atoms with Crippen LogP contribution < -0.4 is 10.6 Å². The first kappa shape index (κ1) is 21.5. The zero-order valence-electron chi connectivity index (χ0n) is 19.1. The number of nitrogens with zero attached hydrogens (tertiary/aromatic N) is 4. The van der Waals surface area contributed by atoms with E-state index in [9.17, 15) is 4.79 Å². The molecule has 0 saturated carbocycles. The Bertz CT molecular complexity index is 1340. The fourth-order valence-corrected chi connectivity index (χ4v) is 5.49. The summed E-state index contributed by atoms with van der Waals surface area (Å²) in [6.07, 6.45) is 4.47. The van der Waals surface area contributed by atoms with Gasteiger partial charge in [-0.3, -0.25) is 9.69 Å². The molecule has 0 fully saturated rings. The van der Waals surface area contributed by atoms with E-state index < -0.39 is 5.82 Å². The van der Waals surface area contributed by atoms with Crippen molar-refractivity contribution < 1.29 is 9.18 Å². The highest BCUT2D eigenvalue weighted by Crippen LogP contribution is 2.40. The van der Waals surface area contributed by atoms with E-state index >= 15 is 4.39 Å². The lowest BCUT2D eigenvalue weighted by atomic mass is 9.88. The highest BCUT2D eigenvalue weighted by atomic mass is 35.5. The number of nitrogens with one attached hydrogen (secondary N) is 3. The van der Waals surface area contributed by atoms with Crippen LogP contribution in [-0.2, 0) is 32.2 Å². The third kappa shape index (κ3) is 3.37. The van der Waals surface area contributed by atoms with Crippen LogP contribution in [0.1, 0.15) is 52.3 Å². The number of aromatic nitrogens is 4. The molecule has 2 aliphatic heterocycles. The van der Waals surface area contributed by atoms with Crippen LogP contribution in [0.4, 0.5) is 16.0 Å². The summed E-state index contributed by atoms with van der Waals surface area (Å²) < 4.78 is 16.0. The molecule has 0 radical (unpaired) electrons. The number of pyridine rings is 1. The summed E-state index contributed by atoms with van der Waals surface area (Å²) in [6, 6.07) is 0.366. The van der Waals surface area contributed by atoms with Gasteiger partial charge in [-0.05, 0) is 49.4 Å². The number of H-pyrrole nitrogens is 1. The Hall–Kier alpha value is -3.04. The van der Waals surface area contributed by atoms with Crippen molar-refractivity contribution in [3.63, 3.8) is 0 Å². The molecular formula is C24H25ClFN7O. The molecule has 3 aromatic heterocycles. The van der Waals surface area contributed by atoms with Crippen LogP contribution in [0.2, 0.25) is 5.28 Å². The molecule has 176 valence electrons. The van der Waals surface area contributed by atoms with Gasteiger partial charge in [0.25, 0.3) is 5.91 Å². The van der Waals surface area contributed by atoms with Crippen molar-refractivity contribution in [3.05, 3.63) is 50.9 Å². The number of amides is 1. The van der Waals surface area contributed by atoms with E-state index in [-0.39, 0.29) is 17.0 Å². The van der Waals surface area contributed by atoms with Gasteiger partial charge in [0.15, 0.2) is 11.6 Å². The zero-order chi connectivity index (χ0) is 23.6. The molecule has 0 spiro atoms. The van der Waals surface area contributed by atoms with Gasteiger partial charge in [0.05, 0.1) is 17.0 Å². The normalized spacial score (nSPS) is 17.0. The van der Waals surface area contributed by atoms with Gasteiger partial charge in [-0.15, -0.1) is 0 Å². The number of carbonyl (C=O) groups excluding carboxylic acids is 1. The van der Waals surface area contributed by atoms with Gasteiger partial charge < -0.3 is 15.6 Å². The second-order valence-electron chi connectivity index (χ2n) is 9.36. The summed E-state index contributed by atoms with van der Waals surface area (Å²) in [5, 5.41) is 6.13. The number of halogens is 2. The fraction of sp³-hybridized carbons (Fsp3) is 0.417. The summed E-state index contributed by atoms with van der Waals surface area (Å²) in [5.41, 5.74) is 6.19. The monoisotopic (exact) mass is 481 g/mol. The van der Waals surface area contributed by atoms with Crippen molar-refractivity contribution in [3.8, 4) is 11.3 Å². The second-order valence-corrected chi connectivity index (χ2v) is 9.70. The van der Waals surface area contributed by atoms with Crippen molar-refractivity contribution in [1.82, 2.24) is 30.2 Å². The third-order valence-corrected chi connectivity index (χ3v) is 7.26. The Labute approximate surface area is 201 Å². The maximum Gasteiger partial charge on any atom is 0.253 e. The van der Waals surface area contributed by atoms with E-state index in [0.717, 1.165) is 41.0 Å². The van der Waals surface area contributed by atoms with Gasteiger partial charge in [0.1, 0.15) is 5.82 Å². The van der Waals surface area contributed by atoms with Gasteiger partial charge in [-0.1, -0.05) is 0 Å². The molecule has 1 amide bonds. The largest absolute Gasteiger partial charge is 0.357 e. The molecule has 0 saturated heterocycles. The molecule has 6 rings (SSSR count). The summed E-state index contributed by atoms with van der Waals surface area (Å²) in [7, 11) is 0. The van der Waals surface area contributed by atoms with Crippen molar-refractivity contribution in [2.75, 3.05) is 18.4 Å². The number of hydrogen-bond acceptors (Lipinski definition) is 6. The number of rotatable bonds is 3. The minimum Gasteiger partial charge on any atom is -0.357 e. The molecule has 3 aliphatic rings. The lowest BCUT2D eigenvalue weighted by Gasteiger charge is -2.32. The van der Waals surface area contributed by atoms with Crippen LogP contribution in [0.5, 0.6) is 0 Å². The molecule has 34 heavy (non-hydrogen) atoms. The first-order valence-corrected chi connectivity index (χ1v) is 12.0. The molecule has 0 atom stereocenters. The van der Waals surface area contributed by atoms with Gasteiger partial charge >= 0.3 is 0 Å². The number of anilines is 2. The van der Waals surface area contributed by atoms with Gasteiger partial charge in [0, 0.05) is 61.5 Å². The van der Waals surface area contributed by atoms with Crippen molar-refractivity contribution in [1.29, 1.82) is 0 Å². The van der Waals surface area contributed by atoms with Crippen molar-refractivity contribution >= 4 is 29.1 Å². The quantitative estimate of drug-likeness (QED) is 0.495. The number of carbonyl (C=O) groups is 1. The number of fused-ring (bicyclic) bond motifs is 6. The molecule has 0 unspecified atom stereocenters. The fourth-order valence-electron chi connectivity index (χ4n) is 5.30. The SMILES string of the molecule is CC(C)N1CCc2nc(Cl)nc(Nc3ncc4c(c3F)-c3[nH]c5c(c3CC4)C(=O)NCC5)c2C1. The third-order valence-electron chi connectivity index (χ3n) is 7.09. The molecule has 0 bridgehead atoms. The summed E-state index contributed by atoms with van der Waals surface area (Å²) in [4.78, 5) is 31.3. The van der Waals surface area contributed by atoms with Crippen LogP contribution in [0.25, 0.3) is 11.3 Å². The van der Waals surface area contributed by atoms with E-state index in [1.807, 2.05) is 0 Å². The van der Waals surface area contributed by atoms with Crippen molar-refractivity contribution in [2.45, 2.75) is 52.1 Å². The highest BCUT2D eigenvalue weighted by Gasteiger charge is 2.32. The van der Waals surface area contributed by atoms with Crippen molar-refractivity contribution in [2.24, 2.45) is 0 Å². The van der Waals surface area contributed by atoms with Crippen LogP contribution in [0, 0.1) is 5.82 Å². The number of hydrogen-bond donors (Lipinski definition) is 3. The standard InChI is InChI=1S/C24H25ClFN7O/c1-11(2)33-8-6-15-14(10-33)21(32-24(25)30-15)31-22-19(26)17-12(9-28-22)3-4-13-18-16(29-20(13)17)5-7-27-23(18)34/h9,11,29H,3-8,10H2,1-2H3,(H,27,34)(H,28,30,31,32). The Balaban J connectivity index is 1.42. The van der Waals surface area contributed by atoms with Gasteiger partial charge in [-0.2, -0.15) is 0 Å². The lowest BCUT2D eigenvalue weighted by Crippen LogP contribution is -2.36. The van der Waals surface area contributed by atoms with Crippen LogP contribution >= 0.6 is 11.6 Å². The average Bonchev–Trinajstić information content (AvgIpc) is 3.20. The molecule has 3 aromatic rings. The Morgan fingerprint density at radius 2 is 1.97 bits per heavy atom. The molecular weight excluding hydrogens is 457 g/mol. The second kappa shape index (κ2) is 8.02. The van der Waals surface area contributed by atoms with Gasteiger partial charge in [0.2, 0.25) is 5.28 Å². The highest BCUT2D eigenvalue weighted by molar-refractivity contribution is 6.28. The maximum atomic E-state index is 16.0. The summed E-state index contributed by atoms with van der Waals surface area (Å²) in [5.74, 6) is 0.0135. The van der Waals surface area contributed by atoms with E-state index in [1.165, 1.54) is 0 Å². The zero-order valence-corrected chi connectivity index (χ0v) is 19.8. The molecule has 3 N–H and O–H groups in total. The number of aromatic amines is 1. The minimum atomic E-state index is -0.461. The van der Waals surface area contributed by atoms with Crippen LogP contribution in [0.15, 0.2) is 6.20 Å². The molecule has 10 heteroatoms. The topological polar surface area (TPSA) is 98.8 Å². The van der Waals surface area contributed by atoms with Crippen LogP contribution in [-0.4, -0.2) is 49.9 Å². The molecule has 1 aliphatic carbocycles. The van der Waals surface area contributed by atoms with Gasteiger partial charge in [-0.25, -0.2) is 19.3 Å². The lowest BCUT2D eigenvalue weighted by molar-refractivity contribution is 0.0945. The van der Waals surface area contributed by atoms with E-state index in [1.54, 1.807) is 6.20 Å². The molecule has 5 heterocycles. The van der Waals surface area contributed by atoms with E-state index in [0.29, 0.717) is 61.0 Å². The summed E-state index contributed by atoms with van der Waals surface area (Å²) in [6.45, 7) is 6.41. The first-order valence-electron chi connectivity index (χ1n) is 11.7. The Morgan fingerprint density at radius 3 is 2.79 bits per heavy atom. The average molecular weight is 482 g/mol. The Kier molecular flexibility index (Phi) is 5.07. The summed E-state index contributed by atoms with van der Waals surface area (Å²) >= 11 is 6.21. The Morgan fingerprint density at radius 1 is 1.12 bits per heavy atom.